The maximum absolute atomic E-state index is 13.3. The number of benzene rings is 1. The fourth-order valence-corrected chi connectivity index (χ4v) is 1.20. The van der Waals surface area contributed by atoms with Crippen molar-refractivity contribution in [3.8, 4) is 5.75 Å². The number of amides is 2. The Morgan fingerprint density at radius 1 is 1.47 bits per heavy atom. The van der Waals surface area contributed by atoms with E-state index in [0.717, 1.165) is 6.07 Å². The second kappa shape index (κ2) is 6.55. The molecule has 8 heteroatoms. The minimum absolute atomic E-state index is 0.0345. The molecule has 0 bridgehead atoms. The van der Waals surface area contributed by atoms with E-state index in [4.69, 9.17) is 14.9 Å². The first-order valence-electron chi connectivity index (χ1n) is 5.23. The lowest BCUT2D eigenvalue weighted by atomic mass is 10.3. The molecule has 0 heterocycles. The Labute approximate surface area is 108 Å². The Balaban J connectivity index is 2.53. The van der Waals surface area contributed by atoms with Crippen LogP contribution in [-0.4, -0.2) is 42.0 Å². The van der Waals surface area contributed by atoms with Gasteiger partial charge in [-0.1, -0.05) is 0 Å². The zero-order chi connectivity index (χ0) is 14.4. The standard InChI is InChI=1S/C11H13FN2O5/c1-19-9-3-2-6(4-7(9)12)14-11(18)13-5-8(15)10(16)17/h2-4,8,15H,5H2,1H3,(H,16,17)(H2,13,14,18). The van der Waals surface area contributed by atoms with Crippen molar-refractivity contribution in [2.45, 2.75) is 6.10 Å². The maximum Gasteiger partial charge on any atom is 0.334 e. The van der Waals surface area contributed by atoms with Crippen molar-refractivity contribution in [3.05, 3.63) is 24.0 Å². The SMILES string of the molecule is COc1ccc(NC(=O)NCC(O)C(=O)O)cc1F. The summed E-state index contributed by atoms with van der Waals surface area (Å²) in [7, 11) is 1.31. The molecule has 0 aliphatic rings. The third-order valence-electron chi connectivity index (χ3n) is 2.15. The Morgan fingerprint density at radius 3 is 2.68 bits per heavy atom. The molecule has 7 nitrogen and oxygen atoms in total. The Bertz CT molecular complexity index is 480. The van der Waals surface area contributed by atoms with E-state index in [1.54, 1.807) is 0 Å². The van der Waals surface area contributed by atoms with Crippen molar-refractivity contribution in [1.82, 2.24) is 5.32 Å². The molecular formula is C11H13FN2O5. The van der Waals surface area contributed by atoms with E-state index in [1.165, 1.54) is 19.2 Å². The Morgan fingerprint density at radius 2 is 2.16 bits per heavy atom. The number of carboxylic acids is 1. The fraction of sp³-hybridized carbons (Fsp3) is 0.273. The average Bonchev–Trinajstić information content (AvgIpc) is 2.36. The van der Waals surface area contributed by atoms with Gasteiger partial charge in [0.2, 0.25) is 0 Å². The second-order valence-corrected chi connectivity index (χ2v) is 3.54. The number of nitrogens with one attached hydrogen (secondary N) is 2. The van der Waals surface area contributed by atoms with Gasteiger partial charge in [0.05, 0.1) is 13.7 Å². The van der Waals surface area contributed by atoms with Crippen molar-refractivity contribution in [1.29, 1.82) is 0 Å². The molecule has 1 aromatic rings. The molecular weight excluding hydrogens is 259 g/mol. The summed E-state index contributed by atoms with van der Waals surface area (Å²) < 4.78 is 18.0. The largest absolute Gasteiger partial charge is 0.494 e. The molecule has 0 saturated heterocycles. The number of aliphatic hydroxyl groups is 1. The number of urea groups is 1. The van der Waals surface area contributed by atoms with Crippen LogP contribution in [0.1, 0.15) is 0 Å². The van der Waals surface area contributed by atoms with E-state index in [0.29, 0.717) is 0 Å². The van der Waals surface area contributed by atoms with E-state index in [2.05, 4.69) is 10.6 Å². The van der Waals surface area contributed by atoms with Gasteiger partial charge in [0.15, 0.2) is 17.7 Å². The number of methoxy groups -OCH3 is 1. The highest BCUT2D eigenvalue weighted by atomic mass is 19.1. The van der Waals surface area contributed by atoms with Gasteiger partial charge in [-0.15, -0.1) is 0 Å². The highest BCUT2D eigenvalue weighted by molar-refractivity contribution is 5.89. The number of halogens is 1. The molecule has 0 aliphatic heterocycles. The van der Waals surface area contributed by atoms with Gasteiger partial charge in [0.25, 0.3) is 0 Å². The van der Waals surface area contributed by atoms with Crippen LogP contribution in [0.3, 0.4) is 0 Å². The minimum Gasteiger partial charge on any atom is -0.494 e. The second-order valence-electron chi connectivity index (χ2n) is 3.54. The topological polar surface area (TPSA) is 108 Å². The highest BCUT2D eigenvalue weighted by Crippen LogP contribution is 2.20. The fourth-order valence-electron chi connectivity index (χ4n) is 1.20. The van der Waals surface area contributed by atoms with Gasteiger partial charge in [0.1, 0.15) is 0 Å². The Kier molecular flexibility index (Phi) is 5.07. The molecule has 104 valence electrons. The van der Waals surface area contributed by atoms with Gasteiger partial charge in [-0.05, 0) is 12.1 Å². The normalized spacial score (nSPS) is 11.5. The van der Waals surface area contributed by atoms with Gasteiger partial charge in [-0.2, -0.15) is 0 Å². The van der Waals surface area contributed by atoms with Gasteiger partial charge in [-0.25, -0.2) is 14.0 Å². The number of carbonyl (C=O) groups is 2. The monoisotopic (exact) mass is 272 g/mol. The molecule has 0 spiro atoms. The molecule has 1 rings (SSSR count). The van der Waals surface area contributed by atoms with Crippen LogP contribution in [0.4, 0.5) is 14.9 Å². The van der Waals surface area contributed by atoms with Crippen LogP contribution < -0.4 is 15.4 Å². The molecule has 0 aromatic heterocycles. The number of carboxylic acid groups (broad SMARTS) is 1. The quantitative estimate of drug-likeness (QED) is 0.620. The summed E-state index contributed by atoms with van der Waals surface area (Å²) >= 11 is 0. The molecule has 0 saturated carbocycles. The number of carbonyl (C=O) groups excluding carboxylic acids is 1. The van der Waals surface area contributed by atoms with Gasteiger partial charge >= 0.3 is 12.0 Å². The predicted molar refractivity (Wildman–Crippen MR) is 63.6 cm³/mol. The Hall–Kier alpha value is -2.35. The maximum atomic E-state index is 13.3. The summed E-state index contributed by atoms with van der Waals surface area (Å²) in [6.45, 7) is -0.459. The summed E-state index contributed by atoms with van der Waals surface area (Å²) in [5.74, 6) is -2.06. The molecule has 2 amide bonds. The van der Waals surface area contributed by atoms with Gasteiger partial charge in [-0.3, -0.25) is 0 Å². The molecule has 4 N–H and O–H groups in total. The highest BCUT2D eigenvalue weighted by Gasteiger charge is 2.14. The summed E-state index contributed by atoms with van der Waals surface area (Å²) in [6, 6.07) is 3.03. The number of rotatable bonds is 5. The molecule has 0 radical (unpaired) electrons. The molecule has 1 unspecified atom stereocenters. The predicted octanol–water partition coefficient (Wildman–Crippen LogP) is 0.401. The number of aliphatic hydroxyl groups excluding tert-OH is 1. The summed E-state index contributed by atoms with van der Waals surface area (Å²) in [6.07, 6.45) is -1.70. The number of anilines is 1. The van der Waals surface area contributed by atoms with Crippen molar-refractivity contribution in [3.63, 3.8) is 0 Å². The molecule has 1 aromatic carbocycles. The van der Waals surface area contributed by atoms with Crippen molar-refractivity contribution < 1.29 is 28.9 Å². The van der Waals surface area contributed by atoms with Crippen LogP contribution in [0.15, 0.2) is 18.2 Å². The summed E-state index contributed by atoms with van der Waals surface area (Å²) in [5.41, 5.74) is 0.167. The van der Waals surface area contributed by atoms with Crippen LogP contribution in [0, 0.1) is 5.82 Å². The molecule has 0 fully saturated rings. The zero-order valence-electron chi connectivity index (χ0n) is 10.0. The van der Waals surface area contributed by atoms with Crippen molar-refractivity contribution >= 4 is 17.7 Å². The van der Waals surface area contributed by atoms with Gasteiger partial charge in [0, 0.05) is 11.8 Å². The lowest BCUT2D eigenvalue weighted by Crippen LogP contribution is -2.38. The third-order valence-corrected chi connectivity index (χ3v) is 2.15. The van der Waals surface area contributed by atoms with E-state index in [-0.39, 0.29) is 11.4 Å². The molecule has 19 heavy (non-hydrogen) atoms. The first-order chi connectivity index (χ1) is 8.93. The van der Waals surface area contributed by atoms with Crippen molar-refractivity contribution in [2.24, 2.45) is 0 Å². The van der Waals surface area contributed by atoms with Crippen LogP contribution in [-0.2, 0) is 4.79 Å². The van der Waals surface area contributed by atoms with Crippen LogP contribution in [0.25, 0.3) is 0 Å². The summed E-state index contributed by atoms with van der Waals surface area (Å²) in [4.78, 5) is 21.6. The van der Waals surface area contributed by atoms with Crippen molar-refractivity contribution in [2.75, 3.05) is 19.0 Å². The van der Waals surface area contributed by atoms with E-state index < -0.39 is 30.5 Å². The molecule has 1 atom stereocenters. The smallest absolute Gasteiger partial charge is 0.334 e. The molecule has 0 aliphatic carbocycles. The zero-order valence-corrected chi connectivity index (χ0v) is 10.0. The number of hydrogen-bond donors (Lipinski definition) is 4. The number of hydrogen-bond acceptors (Lipinski definition) is 4. The summed E-state index contributed by atoms with van der Waals surface area (Å²) in [5, 5.41) is 21.7. The number of aliphatic carboxylic acids is 1. The van der Waals surface area contributed by atoms with Gasteiger partial charge < -0.3 is 25.6 Å². The minimum atomic E-state index is -1.70. The third kappa shape index (κ3) is 4.43. The first kappa shape index (κ1) is 14.7. The van der Waals surface area contributed by atoms with E-state index in [1.807, 2.05) is 0 Å². The van der Waals surface area contributed by atoms with Crippen LogP contribution in [0.5, 0.6) is 5.75 Å². The van der Waals surface area contributed by atoms with E-state index in [9.17, 15) is 14.0 Å². The number of ether oxygens (including phenoxy) is 1. The lowest BCUT2D eigenvalue weighted by molar-refractivity contribution is -0.146. The van der Waals surface area contributed by atoms with E-state index >= 15 is 0 Å². The average molecular weight is 272 g/mol. The van der Waals surface area contributed by atoms with Crippen LogP contribution in [0.2, 0.25) is 0 Å². The lowest BCUT2D eigenvalue weighted by Gasteiger charge is -2.10. The first-order valence-corrected chi connectivity index (χ1v) is 5.23. The van der Waals surface area contributed by atoms with Crippen LogP contribution >= 0.6 is 0 Å².